The number of hydrogen-bond acceptors (Lipinski definition) is 3. The van der Waals surface area contributed by atoms with Gasteiger partial charge >= 0.3 is 0 Å². The molecular formula is C19H19NO2. The lowest BCUT2D eigenvalue weighted by Gasteiger charge is -2.01. The molecule has 0 atom stereocenters. The van der Waals surface area contributed by atoms with Crippen molar-refractivity contribution in [1.82, 2.24) is 0 Å². The molecule has 0 amide bonds. The van der Waals surface area contributed by atoms with Gasteiger partial charge in [0.2, 0.25) is 5.43 Å². The van der Waals surface area contributed by atoms with E-state index in [9.17, 15) is 9.59 Å². The third-order valence-corrected chi connectivity index (χ3v) is 3.50. The van der Waals surface area contributed by atoms with E-state index >= 15 is 0 Å². The van der Waals surface area contributed by atoms with Gasteiger partial charge in [0.05, 0.1) is 11.3 Å². The normalized spacial score (nSPS) is 10.7. The maximum absolute atomic E-state index is 12.3. The topological polar surface area (TPSA) is 46.2 Å². The summed E-state index contributed by atoms with van der Waals surface area (Å²) in [7, 11) is 1.66. The maximum Gasteiger partial charge on any atom is 0.212 e. The van der Waals surface area contributed by atoms with E-state index in [0.29, 0.717) is 5.69 Å². The van der Waals surface area contributed by atoms with Crippen LogP contribution in [0.3, 0.4) is 0 Å². The fraction of sp³-hybridized carbons (Fsp3) is 0.158. The highest BCUT2D eigenvalue weighted by molar-refractivity contribution is 6.07. The zero-order valence-corrected chi connectivity index (χ0v) is 13.0. The summed E-state index contributed by atoms with van der Waals surface area (Å²) >= 11 is 0. The van der Waals surface area contributed by atoms with Gasteiger partial charge in [-0.3, -0.25) is 9.59 Å². The van der Waals surface area contributed by atoms with Crippen LogP contribution in [0.15, 0.2) is 53.3 Å². The monoisotopic (exact) mass is 293 g/mol. The van der Waals surface area contributed by atoms with E-state index < -0.39 is 0 Å². The molecule has 3 nitrogen and oxygen atoms in total. The summed E-state index contributed by atoms with van der Waals surface area (Å²) in [4.78, 5) is 24.6. The molecule has 0 fully saturated rings. The Labute approximate surface area is 130 Å². The number of allylic oxidation sites excluding steroid dienone is 1. The molecule has 2 aromatic carbocycles. The van der Waals surface area contributed by atoms with Gasteiger partial charge < -0.3 is 5.32 Å². The van der Waals surface area contributed by atoms with Crippen LogP contribution in [0.25, 0.3) is 6.08 Å². The standard InChI is InChI=1S/C19H19NO2/c1-13-8-9-15(14(2)12-13)10-11-18(21)16-6-4-5-7-17(20-3)19(16)22/h4-12H,1-3H3,(H,20,22)/b11-10+. The summed E-state index contributed by atoms with van der Waals surface area (Å²) in [6, 6.07) is 12.7. The van der Waals surface area contributed by atoms with E-state index in [-0.39, 0.29) is 16.8 Å². The molecule has 0 unspecified atom stereocenters. The Balaban J connectivity index is 2.36. The molecule has 0 radical (unpaired) electrons. The Kier molecular flexibility index (Phi) is 4.89. The molecule has 2 aromatic rings. The Morgan fingerprint density at radius 1 is 1.09 bits per heavy atom. The first-order valence-electron chi connectivity index (χ1n) is 7.13. The van der Waals surface area contributed by atoms with Crippen LogP contribution in [-0.4, -0.2) is 12.8 Å². The number of carbonyl (C=O) groups excluding carboxylic acids is 1. The van der Waals surface area contributed by atoms with Crippen molar-refractivity contribution in [1.29, 1.82) is 0 Å². The summed E-state index contributed by atoms with van der Waals surface area (Å²) in [5, 5.41) is 2.81. The molecule has 0 heterocycles. The van der Waals surface area contributed by atoms with E-state index in [1.165, 1.54) is 11.6 Å². The number of aryl methyl sites for hydroxylation is 2. The SMILES string of the molecule is CNc1ccccc(C(=O)/C=C/c2ccc(C)cc2C)c1=O. The van der Waals surface area contributed by atoms with E-state index in [1.807, 2.05) is 26.0 Å². The first-order valence-corrected chi connectivity index (χ1v) is 7.13. The second-order valence-electron chi connectivity index (χ2n) is 5.18. The minimum absolute atomic E-state index is 0.162. The summed E-state index contributed by atoms with van der Waals surface area (Å²) in [6.07, 6.45) is 3.20. The minimum Gasteiger partial charge on any atom is -0.385 e. The average Bonchev–Trinajstić information content (AvgIpc) is 2.67. The molecule has 1 N–H and O–H groups in total. The fourth-order valence-electron chi connectivity index (χ4n) is 2.26. The zero-order valence-electron chi connectivity index (χ0n) is 13.0. The van der Waals surface area contributed by atoms with Crippen LogP contribution >= 0.6 is 0 Å². The number of nitrogens with one attached hydrogen (secondary N) is 1. The van der Waals surface area contributed by atoms with Crippen molar-refractivity contribution in [2.75, 3.05) is 12.4 Å². The number of carbonyl (C=O) groups is 1. The highest BCUT2D eigenvalue weighted by Crippen LogP contribution is 2.12. The van der Waals surface area contributed by atoms with E-state index in [2.05, 4.69) is 11.4 Å². The first kappa shape index (κ1) is 15.7. The summed E-state index contributed by atoms with van der Waals surface area (Å²) in [5.41, 5.74) is 3.53. The quantitative estimate of drug-likeness (QED) is 0.692. The molecule has 2 rings (SSSR count). The molecule has 22 heavy (non-hydrogen) atoms. The predicted molar refractivity (Wildman–Crippen MR) is 91.5 cm³/mol. The van der Waals surface area contributed by atoms with E-state index in [1.54, 1.807) is 37.4 Å². The minimum atomic E-state index is -0.294. The fourth-order valence-corrected chi connectivity index (χ4v) is 2.26. The van der Waals surface area contributed by atoms with Crippen LogP contribution < -0.4 is 10.7 Å². The molecule has 0 saturated carbocycles. The van der Waals surface area contributed by atoms with Gasteiger partial charge in [-0.15, -0.1) is 0 Å². The van der Waals surface area contributed by atoms with Crippen molar-refractivity contribution in [3.63, 3.8) is 0 Å². The largest absolute Gasteiger partial charge is 0.385 e. The Morgan fingerprint density at radius 2 is 1.82 bits per heavy atom. The Bertz CT molecular complexity index is 792. The lowest BCUT2D eigenvalue weighted by atomic mass is 10.0. The number of benzene rings is 1. The number of ketones is 1. The van der Waals surface area contributed by atoms with Gasteiger partial charge in [0, 0.05) is 7.05 Å². The summed E-state index contributed by atoms with van der Waals surface area (Å²) in [6.45, 7) is 4.02. The van der Waals surface area contributed by atoms with Crippen LogP contribution in [0.5, 0.6) is 0 Å². The molecule has 0 aliphatic carbocycles. The number of rotatable bonds is 4. The van der Waals surface area contributed by atoms with Gasteiger partial charge in [-0.25, -0.2) is 0 Å². The van der Waals surface area contributed by atoms with Gasteiger partial charge in [0.1, 0.15) is 0 Å². The highest BCUT2D eigenvalue weighted by atomic mass is 16.1. The molecule has 0 saturated heterocycles. The molecule has 0 aliphatic heterocycles. The molecule has 3 heteroatoms. The number of anilines is 1. The van der Waals surface area contributed by atoms with Crippen molar-refractivity contribution in [3.8, 4) is 0 Å². The van der Waals surface area contributed by atoms with Gasteiger partial charge in [-0.05, 0) is 43.2 Å². The predicted octanol–water partition coefficient (Wildman–Crippen LogP) is 3.60. The second-order valence-corrected chi connectivity index (χ2v) is 5.18. The summed E-state index contributed by atoms with van der Waals surface area (Å²) in [5.74, 6) is -0.294. The van der Waals surface area contributed by atoms with Gasteiger partial charge in [0.15, 0.2) is 5.78 Å². The smallest absolute Gasteiger partial charge is 0.212 e. The molecule has 0 aliphatic rings. The average molecular weight is 293 g/mol. The lowest BCUT2D eigenvalue weighted by molar-refractivity contribution is 0.104. The zero-order chi connectivity index (χ0) is 16.1. The van der Waals surface area contributed by atoms with Crippen LogP contribution in [-0.2, 0) is 0 Å². The maximum atomic E-state index is 12.3. The molecular weight excluding hydrogens is 274 g/mol. The second kappa shape index (κ2) is 6.85. The van der Waals surface area contributed by atoms with Crippen molar-refractivity contribution in [2.24, 2.45) is 0 Å². The van der Waals surface area contributed by atoms with Crippen LogP contribution in [0.4, 0.5) is 5.69 Å². The van der Waals surface area contributed by atoms with Gasteiger partial charge in [-0.2, -0.15) is 0 Å². The van der Waals surface area contributed by atoms with Gasteiger partial charge in [-0.1, -0.05) is 42.0 Å². The third kappa shape index (κ3) is 3.50. The molecule has 112 valence electrons. The van der Waals surface area contributed by atoms with E-state index in [4.69, 9.17) is 0 Å². The summed E-state index contributed by atoms with van der Waals surface area (Å²) < 4.78 is 0. The van der Waals surface area contributed by atoms with Crippen molar-refractivity contribution >= 4 is 17.5 Å². The first-order chi connectivity index (χ1) is 10.5. The Morgan fingerprint density at radius 3 is 2.50 bits per heavy atom. The van der Waals surface area contributed by atoms with Crippen molar-refractivity contribution in [2.45, 2.75) is 13.8 Å². The van der Waals surface area contributed by atoms with Crippen molar-refractivity contribution in [3.05, 3.63) is 81.0 Å². The third-order valence-electron chi connectivity index (χ3n) is 3.50. The highest BCUT2D eigenvalue weighted by Gasteiger charge is 2.08. The van der Waals surface area contributed by atoms with E-state index in [0.717, 1.165) is 11.1 Å². The number of hydrogen-bond donors (Lipinski definition) is 1. The lowest BCUT2D eigenvalue weighted by Crippen LogP contribution is -2.14. The molecule has 0 spiro atoms. The van der Waals surface area contributed by atoms with Crippen molar-refractivity contribution < 1.29 is 4.79 Å². The van der Waals surface area contributed by atoms with Crippen LogP contribution in [0.1, 0.15) is 27.0 Å². The van der Waals surface area contributed by atoms with Crippen LogP contribution in [0, 0.1) is 13.8 Å². The molecule has 0 bridgehead atoms. The Hall–Kier alpha value is -2.68. The van der Waals surface area contributed by atoms with Gasteiger partial charge in [0.25, 0.3) is 0 Å². The van der Waals surface area contributed by atoms with Crippen LogP contribution in [0.2, 0.25) is 0 Å². The molecule has 0 aromatic heterocycles.